The molecule has 0 aromatic carbocycles. The van der Waals surface area contributed by atoms with Crippen LogP contribution in [0.1, 0.15) is 52.9 Å². The zero-order valence-electron chi connectivity index (χ0n) is 14.7. The van der Waals surface area contributed by atoms with E-state index in [1.54, 1.807) is 0 Å². The molecule has 1 atom stereocenters. The summed E-state index contributed by atoms with van der Waals surface area (Å²) in [6.07, 6.45) is 6.97. The van der Waals surface area contributed by atoms with E-state index in [9.17, 15) is 0 Å². The fraction of sp³-hybridized carbons (Fsp3) is 1.00. The number of hydrogen-bond donors (Lipinski definition) is 0. The van der Waals surface area contributed by atoms with Crippen LogP contribution in [0.15, 0.2) is 0 Å². The molecule has 0 N–H and O–H groups in total. The van der Waals surface area contributed by atoms with E-state index < -0.39 is 0 Å². The minimum absolute atomic E-state index is 0.599. The number of piperazine rings is 1. The zero-order valence-corrected chi connectivity index (χ0v) is 14.7. The second kappa shape index (κ2) is 8.50. The average molecular weight is 296 g/mol. The number of methoxy groups -OCH3 is 1. The first-order valence-corrected chi connectivity index (χ1v) is 9.07. The summed E-state index contributed by atoms with van der Waals surface area (Å²) < 4.78 is 5.50. The Morgan fingerprint density at radius 2 is 1.81 bits per heavy atom. The van der Waals surface area contributed by atoms with Gasteiger partial charge >= 0.3 is 0 Å². The Labute approximate surface area is 132 Å². The van der Waals surface area contributed by atoms with Crippen LogP contribution in [0.5, 0.6) is 0 Å². The summed E-state index contributed by atoms with van der Waals surface area (Å²) in [6, 6.07) is 1.44. The molecule has 0 aromatic heterocycles. The van der Waals surface area contributed by atoms with Gasteiger partial charge in [0.2, 0.25) is 0 Å². The van der Waals surface area contributed by atoms with Gasteiger partial charge in [-0.25, -0.2) is 0 Å². The fourth-order valence-corrected chi connectivity index (χ4v) is 3.93. The lowest BCUT2D eigenvalue weighted by atomic mass is 9.86. The molecule has 0 radical (unpaired) electrons. The first-order chi connectivity index (χ1) is 10.1. The summed E-state index contributed by atoms with van der Waals surface area (Å²) in [7, 11) is 1.85. The van der Waals surface area contributed by atoms with Crippen LogP contribution >= 0.6 is 0 Å². The highest BCUT2D eigenvalue weighted by molar-refractivity contribution is 4.87. The van der Waals surface area contributed by atoms with E-state index in [0.29, 0.717) is 6.04 Å². The molecule has 3 heteroatoms. The molecular formula is C18H36N2O. The van der Waals surface area contributed by atoms with Gasteiger partial charge in [-0.3, -0.25) is 9.80 Å². The monoisotopic (exact) mass is 296 g/mol. The van der Waals surface area contributed by atoms with E-state index in [-0.39, 0.29) is 0 Å². The van der Waals surface area contributed by atoms with Crippen molar-refractivity contribution >= 4 is 0 Å². The van der Waals surface area contributed by atoms with Crippen molar-refractivity contribution < 1.29 is 4.74 Å². The molecule has 1 heterocycles. The maximum Gasteiger partial charge on any atom is 0.0630 e. The molecule has 1 unspecified atom stereocenters. The van der Waals surface area contributed by atoms with Crippen LogP contribution < -0.4 is 0 Å². The maximum absolute atomic E-state index is 5.50. The normalized spacial score (nSPS) is 32.7. The summed E-state index contributed by atoms with van der Waals surface area (Å²) in [5, 5.41) is 0. The highest BCUT2D eigenvalue weighted by atomic mass is 16.5. The van der Waals surface area contributed by atoms with Crippen molar-refractivity contribution in [1.82, 2.24) is 9.80 Å². The summed E-state index contributed by atoms with van der Waals surface area (Å²) >= 11 is 0. The molecule has 1 saturated carbocycles. The van der Waals surface area contributed by atoms with Crippen LogP contribution in [-0.4, -0.2) is 61.8 Å². The molecule has 21 heavy (non-hydrogen) atoms. The van der Waals surface area contributed by atoms with Crippen molar-refractivity contribution in [2.75, 3.05) is 39.9 Å². The minimum Gasteiger partial charge on any atom is -0.383 e. The van der Waals surface area contributed by atoms with Gasteiger partial charge in [0, 0.05) is 38.8 Å². The lowest BCUT2D eigenvalue weighted by Gasteiger charge is -2.46. The van der Waals surface area contributed by atoms with Crippen LogP contribution in [0.2, 0.25) is 0 Å². The Kier molecular flexibility index (Phi) is 6.97. The maximum atomic E-state index is 5.50. The SMILES string of the molecule is COCC1CN(C2CCC(C)CC2)CCN1CCC(C)C. The Balaban J connectivity index is 1.85. The number of nitrogens with zero attached hydrogens (tertiary/aromatic N) is 2. The van der Waals surface area contributed by atoms with E-state index in [1.165, 1.54) is 58.3 Å². The molecule has 124 valence electrons. The number of ether oxygens (including phenoxy) is 1. The molecule has 0 amide bonds. The van der Waals surface area contributed by atoms with Crippen molar-refractivity contribution in [3.05, 3.63) is 0 Å². The lowest BCUT2D eigenvalue weighted by molar-refractivity contribution is -0.00189. The largest absolute Gasteiger partial charge is 0.383 e. The topological polar surface area (TPSA) is 15.7 Å². The molecule has 0 bridgehead atoms. The van der Waals surface area contributed by atoms with Gasteiger partial charge in [-0.05, 0) is 50.5 Å². The van der Waals surface area contributed by atoms with Crippen molar-refractivity contribution in [2.24, 2.45) is 11.8 Å². The molecule has 1 aliphatic carbocycles. The van der Waals surface area contributed by atoms with Crippen LogP contribution in [-0.2, 0) is 4.74 Å². The van der Waals surface area contributed by atoms with E-state index in [0.717, 1.165) is 24.5 Å². The summed E-state index contributed by atoms with van der Waals surface area (Å²) in [5.41, 5.74) is 0. The van der Waals surface area contributed by atoms with Gasteiger partial charge in [0.25, 0.3) is 0 Å². The van der Waals surface area contributed by atoms with Gasteiger partial charge < -0.3 is 4.74 Å². The van der Waals surface area contributed by atoms with Gasteiger partial charge in [0.1, 0.15) is 0 Å². The highest BCUT2D eigenvalue weighted by Crippen LogP contribution is 2.28. The third-order valence-corrected chi connectivity index (χ3v) is 5.49. The van der Waals surface area contributed by atoms with Crippen LogP contribution in [0.25, 0.3) is 0 Å². The second-order valence-corrected chi connectivity index (χ2v) is 7.74. The van der Waals surface area contributed by atoms with Gasteiger partial charge in [0.15, 0.2) is 0 Å². The summed E-state index contributed by atoms with van der Waals surface area (Å²) in [5.74, 6) is 1.74. The molecule has 2 rings (SSSR count). The van der Waals surface area contributed by atoms with E-state index in [2.05, 4.69) is 30.6 Å². The van der Waals surface area contributed by atoms with Crippen LogP contribution in [0.3, 0.4) is 0 Å². The first kappa shape index (κ1) is 17.2. The van der Waals surface area contributed by atoms with Crippen molar-refractivity contribution in [1.29, 1.82) is 0 Å². The second-order valence-electron chi connectivity index (χ2n) is 7.74. The Hall–Kier alpha value is -0.120. The van der Waals surface area contributed by atoms with E-state index in [4.69, 9.17) is 4.74 Å². The molecular weight excluding hydrogens is 260 g/mol. The third-order valence-electron chi connectivity index (χ3n) is 5.49. The Morgan fingerprint density at radius 3 is 2.43 bits per heavy atom. The standard InChI is InChI=1S/C18H36N2O/c1-15(2)9-10-19-11-12-20(13-18(19)14-21-4)17-7-5-16(3)6-8-17/h15-18H,5-14H2,1-4H3. The van der Waals surface area contributed by atoms with Gasteiger partial charge in [-0.2, -0.15) is 0 Å². The average Bonchev–Trinajstić information content (AvgIpc) is 2.47. The lowest BCUT2D eigenvalue weighted by Crippen LogP contribution is -2.57. The predicted molar refractivity (Wildman–Crippen MR) is 89.7 cm³/mol. The predicted octanol–water partition coefficient (Wildman–Crippen LogP) is 3.24. The molecule has 3 nitrogen and oxygen atoms in total. The van der Waals surface area contributed by atoms with E-state index >= 15 is 0 Å². The van der Waals surface area contributed by atoms with Crippen molar-refractivity contribution in [2.45, 2.75) is 65.0 Å². The van der Waals surface area contributed by atoms with Crippen LogP contribution in [0, 0.1) is 11.8 Å². The number of hydrogen-bond acceptors (Lipinski definition) is 3. The molecule has 2 aliphatic rings. The summed E-state index contributed by atoms with van der Waals surface area (Å²) in [4.78, 5) is 5.44. The highest BCUT2D eigenvalue weighted by Gasteiger charge is 2.32. The molecule has 1 saturated heterocycles. The Bertz CT molecular complexity index is 287. The van der Waals surface area contributed by atoms with E-state index in [1.807, 2.05) is 7.11 Å². The summed E-state index contributed by atoms with van der Waals surface area (Å²) in [6.45, 7) is 12.9. The van der Waals surface area contributed by atoms with Crippen molar-refractivity contribution in [3.8, 4) is 0 Å². The van der Waals surface area contributed by atoms with Gasteiger partial charge in [-0.15, -0.1) is 0 Å². The van der Waals surface area contributed by atoms with Gasteiger partial charge in [-0.1, -0.05) is 20.8 Å². The molecule has 1 aliphatic heterocycles. The van der Waals surface area contributed by atoms with Crippen LogP contribution in [0.4, 0.5) is 0 Å². The molecule has 2 fully saturated rings. The first-order valence-electron chi connectivity index (χ1n) is 9.07. The quantitative estimate of drug-likeness (QED) is 0.748. The molecule has 0 spiro atoms. The zero-order chi connectivity index (χ0) is 15.2. The minimum atomic E-state index is 0.599. The third kappa shape index (κ3) is 5.22. The Morgan fingerprint density at radius 1 is 1.10 bits per heavy atom. The molecule has 0 aromatic rings. The smallest absolute Gasteiger partial charge is 0.0630 e. The van der Waals surface area contributed by atoms with Gasteiger partial charge in [0.05, 0.1) is 6.61 Å². The fourth-order valence-electron chi connectivity index (χ4n) is 3.93. The van der Waals surface area contributed by atoms with Crippen molar-refractivity contribution in [3.63, 3.8) is 0 Å². The number of rotatable bonds is 6.